The number of hydrogen-bond donors (Lipinski definition) is 1. The van der Waals surface area contributed by atoms with E-state index in [9.17, 15) is 13.5 Å². The standard InChI is InChI=1S/C10H18O3S/c11-5-10(8-3-1-2-4-8)9-6-14(12,13)7-9/h8-11H,1-7H2. The van der Waals surface area contributed by atoms with E-state index in [2.05, 4.69) is 0 Å². The summed E-state index contributed by atoms with van der Waals surface area (Å²) in [6.45, 7) is 0.171. The van der Waals surface area contributed by atoms with Gasteiger partial charge in [0.25, 0.3) is 0 Å². The first-order valence-electron chi connectivity index (χ1n) is 5.43. The van der Waals surface area contributed by atoms with Gasteiger partial charge in [0.1, 0.15) is 0 Å². The molecule has 0 radical (unpaired) electrons. The molecule has 0 aromatic rings. The summed E-state index contributed by atoms with van der Waals surface area (Å²) in [6.07, 6.45) is 4.87. The summed E-state index contributed by atoms with van der Waals surface area (Å²) in [4.78, 5) is 0. The van der Waals surface area contributed by atoms with Gasteiger partial charge in [0.2, 0.25) is 0 Å². The minimum atomic E-state index is -2.73. The Morgan fingerprint density at radius 1 is 1.14 bits per heavy atom. The van der Waals surface area contributed by atoms with Crippen LogP contribution in [0.4, 0.5) is 0 Å². The first kappa shape index (κ1) is 10.4. The lowest BCUT2D eigenvalue weighted by Crippen LogP contribution is -2.44. The van der Waals surface area contributed by atoms with Crippen molar-refractivity contribution in [3.05, 3.63) is 0 Å². The van der Waals surface area contributed by atoms with E-state index in [1.807, 2.05) is 0 Å². The van der Waals surface area contributed by atoms with Crippen LogP contribution in [0.3, 0.4) is 0 Å². The maximum Gasteiger partial charge on any atom is 0.150 e. The molecule has 0 amide bonds. The van der Waals surface area contributed by atoms with Crippen LogP contribution in [0.1, 0.15) is 25.7 Å². The molecule has 1 aliphatic heterocycles. The van der Waals surface area contributed by atoms with E-state index in [1.54, 1.807) is 0 Å². The van der Waals surface area contributed by atoms with E-state index in [0.717, 1.165) is 0 Å². The van der Waals surface area contributed by atoms with Crippen LogP contribution in [0.5, 0.6) is 0 Å². The molecule has 2 aliphatic rings. The van der Waals surface area contributed by atoms with E-state index in [1.165, 1.54) is 25.7 Å². The summed E-state index contributed by atoms with van der Waals surface area (Å²) in [5.41, 5.74) is 0. The van der Waals surface area contributed by atoms with Crippen LogP contribution in [-0.4, -0.2) is 31.6 Å². The van der Waals surface area contributed by atoms with E-state index >= 15 is 0 Å². The van der Waals surface area contributed by atoms with Crippen molar-refractivity contribution in [2.24, 2.45) is 17.8 Å². The normalized spacial score (nSPS) is 30.1. The SMILES string of the molecule is O=S1(=O)CC(C(CO)C2CCCC2)C1. The van der Waals surface area contributed by atoms with Crippen molar-refractivity contribution in [2.75, 3.05) is 18.1 Å². The van der Waals surface area contributed by atoms with Crippen LogP contribution in [0.2, 0.25) is 0 Å². The van der Waals surface area contributed by atoms with E-state index in [-0.39, 0.29) is 18.4 Å². The van der Waals surface area contributed by atoms with Gasteiger partial charge in [0.15, 0.2) is 9.84 Å². The van der Waals surface area contributed by atoms with E-state index in [0.29, 0.717) is 17.4 Å². The number of hydrogen-bond acceptors (Lipinski definition) is 3. The summed E-state index contributed by atoms with van der Waals surface area (Å²) in [6, 6.07) is 0. The summed E-state index contributed by atoms with van der Waals surface area (Å²) < 4.78 is 22.1. The second-order valence-corrected chi connectivity index (χ2v) is 6.88. The average molecular weight is 218 g/mol. The summed E-state index contributed by atoms with van der Waals surface area (Å²) >= 11 is 0. The zero-order chi connectivity index (χ0) is 10.2. The topological polar surface area (TPSA) is 54.4 Å². The molecule has 1 aliphatic carbocycles. The molecule has 0 aromatic heterocycles. The summed E-state index contributed by atoms with van der Waals surface area (Å²) in [5.74, 6) is 1.71. The van der Waals surface area contributed by atoms with Gasteiger partial charge in [-0.2, -0.15) is 0 Å². The van der Waals surface area contributed by atoms with Crippen molar-refractivity contribution in [3.63, 3.8) is 0 Å². The fourth-order valence-electron chi connectivity index (χ4n) is 2.92. The minimum absolute atomic E-state index is 0.171. The predicted molar refractivity (Wildman–Crippen MR) is 54.7 cm³/mol. The largest absolute Gasteiger partial charge is 0.396 e. The van der Waals surface area contributed by atoms with Gasteiger partial charge in [0, 0.05) is 6.61 Å². The Balaban J connectivity index is 1.94. The molecule has 2 rings (SSSR count). The molecule has 1 unspecified atom stereocenters. The van der Waals surface area contributed by atoms with Gasteiger partial charge in [-0.1, -0.05) is 25.7 Å². The molecule has 1 atom stereocenters. The first-order chi connectivity index (χ1) is 6.62. The zero-order valence-electron chi connectivity index (χ0n) is 8.35. The van der Waals surface area contributed by atoms with Crippen LogP contribution in [0.15, 0.2) is 0 Å². The van der Waals surface area contributed by atoms with Crippen LogP contribution >= 0.6 is 0 Å². The smallest absolute Gasteiger partial charge is 0.150 e. The van der Waals surface area contributed by atoms with Gasteiger partial charge in [-0.05, 0) is 17.8 Å². The molecule has 14 heavy (non-hydrogen) atoms. The Bertz CT molecular complexity index is 278. The highest BCUT2D eigenvalue weighted by molar-refractivity contribution is 7.92. The van der Waals surface area contributed by atoms with Crippen molar-refractivity contribution >= 4 is 9.84 Å². The molecular formula is C10H18O3S. The molecule has 0 aromatic carbocycles. The number of aliphatic hydroxyl groups is 1. The average Bonchev–Trinajstić information content (AvgIpc) is 2.55. The molecule has 3 nitrogen and oxygen atoms in total. The Morgan fingerprint density at radius 3 is 2.14 bits per heavy atom. The number of aliphatic hydroxyl groups excluding tert-OH is 1. The molecule has 4 heteroatoms. The quantitative estimate of drug-likeness (QED) is 0.763. The van der Waals surface area contributed by atoms with Gasteiger partial charge in [-0.3, -0.25) is 0 Å². The molecule has 1 heterocycles. The lowest BCUT2D eigenvalue weighted by molar-refractivity contribution is 0.133. The molecule has 2 fully saturated rings. The fraction of sp³-hybridized carbons (Fsp3) is 1.00. The van der Waals surface area contributed by atoms with Crippen molar-refractivity contribution in [3.8, 4) is 0 Å². The maximum absolute atomic E-state index is 11.1. The highest BCUT2D eigenvalue weighted by atomic mass is 32.2. The van der Waals surface area contributed by atoms with Crippen molar-refractivity contribution in [1.29, 1.82) is 0 Å². The van der Waals surface area contributed by atoms with Crippen molar-refractivity contribution in [1.82, 2.24) is 0 Å². The van der Waals surface area contributed by atoms with E-state index < -0.39 is 9.84 Å². The Kier molecular flexibility index (Phi) is 2.84. The third-order valence-electron chi connectivity index (χ3n) is 3.76. The Morgan fingerprint density at radius 2 is 1.71 bits per heavy atom. The molecular weight excluding hydrogens is 200 g/mol. The van der Waals surface area contributed by atoms with Gasteiger partial charge in [-0.25, -0.2) is 8.42 Å². The third-order valence-corrected chi connectivity index (χ3v) is 5.63. The summed E-state index contributed by atoms with van der Waals surface area (Å²) in [7, 11) is -2.73. The first-order valence-corrected chi connectivity index (χ1v) is 7.26. The van der Waals surface area contributed by atoms with E-state index in [4.69, 9.17) is 0 Å². The second kappa shape index (κ2) is 3.81. The molecule has 1 saturated heterocycles. The van der Waals surface area contributed by atoms with Gasteiger partial charge >= 0.3 is 0 Å². The van der Waals surface area contributed by atoms with Crippen LogP contribution < -0.4 is 0 Å². The second-order valence-electron chi connectivity index (χ2n) is 4.73. The molecule has 0 spiro atoms. The van der Waals surface area contributed by atoms with Crippen molar-refractivity contribution in [2.45, 2.75) is 25.7 Å². The highest BCUT2D eigenvalue weighted by Crippen LogP contribution is 2.39. The fourth-order valence-corrected chi connectivity index (χ4v) is 4.62. The Hall–Kier alpha value is -0.0900. The molecule has 1 saturated carbocycles. The van der Waals surface area contributed by atoms with Gasteiger partial charge < -0.3 is 5.11 Å². The zero-order valence-corrected chi connectivity index (χ0v) is 9.17. The number of rotatable bonds is 3. The van der Waals surface area contributed by atoms with Crippen LogP contribution in [-0.2, 0) is 9.84 Å². The van der Waals surface area contributed by atoms with Crippen LogP contribution in [0.25, 0.3) is 0 Å². The monoisotopic (exact) mass is 218 g/mol. The molecule has 82 valence electrons. The molecule has 1 N–H and O–H groups in total. The van der Waals surface area contributed by atoms with Crippen molar-refractivity contribution < 1.29 is 13.5 Å². The van der Waals surface area contributed by atoms with Gasteiger partial charge in [0.05, 0.1) is 11.5 Å². The maximum atomic E-state index is 11.1. The van der Waals surface area contributed by atoms with Crippen LogP contribution in [0, 0.1) is 17.8 Å². The highest BCUT2D eigenvalue weighted by Gasteiger charge is 2.41. The Labute approximate surface area is 85.4 Å². The predicted octanol–water partition coefficient (Wildman–Crippen LogP) is 0.830. The lowest BCUT2D eigenvalue weighted by Gasteiger charge is -2.35. The minimum Gasteiger partial charge on any atom is -0.396 e. The molecule has 0 bridgehead atoms. The number of sulfone groups is 1. The summed E-state index contributed by atoms with van der Waals surface area (Å²) in [5, 5.41) is 9.30. The van der Waals surface area contributed by atoms with Gasteiger partial charge in [-0.15, -0.1) is 0 Å². The lowest BCUT2D eigenvalue weighted by atomic mass is 9.82. The third kappa shape index (κ3) is 1.96.